The van der Waals surface area contributed by atoms with Gasteiger partial charge in [-0.3, -0.25) is 9.69 Å². The number of ketones is 1. The summed E-state index contributed by atoms with van der Waals surface area (Å²) in [6, 6.07) is 5.47. The molecule has 2 N–H and O–H groups in total. The fourth-order valence-electron chi connectivity index (χ4n) is 1.84. The van der Waals surface area contributed by atoms with Gasteiger partial charge in [-0.25, -0.2) is 0 Å². The van der Waals surface area contributed by atoms with Crippen molar-refractivity contribution in [3.63, 3.8) is 0 Å². The van der Waals surface area contributed by atoms with E-state index in [1.807, 2.05) is 31.2 Å². The van der Waals surface area contributed by atoms with Crippen molar-refractivity contribution in [2.24, 2.45) is 0 Å². The van der Waals surface area contributed by atoms with Crippen molar-refractivity contribution >= 4 is 11.5 Å². The number of benzene rings is 1. The van der Waals surface area contributed by atoms with Crippen molar-refractivity contribution < 1.29 is 4.79 Å². The lowest BCUT2D eigenvalue weighted by molar-refractivity contribution is 0.0968. The molecule has 102 valence electrons. The summed E-state index contributed by atoms with van der Waals surface area (Å²) in [6.45, 7) is 11.6. The van der Waals surface area contributed by atoms with Gasteiger partial charge in [0.05, 0.1) is 0 Å². The Morgan fingerprint density at radius 3 is 2.47 bits per heavy atom. The van der Waals surface area contributed by atoms with Crippen molar-refractivity contribution in [2.75, 3.05) is 25.4 Å². The molecule has 1 rings (SSSR count). The summed E-state index contributed by atoms with van der Waals surface area (Å²) in [5, 5.41) is 0. The van der Waals surface area contributed by atoms with Gasteiger partial charge in [-0.05, 0) is 18.6 Å². The molecule has 1 aromatic carbocycles. The van der Waals surface area contributed by atoms with Crippen molar-refractivity contribution in [3.05, 3.63) is 54.6 Å². The van der Waals surface area contributed by atoms with E-state index in [2.05, 4.69) is 18.1 Å². The molecule has 0 unspecified atom stereocenters. The molecule has 0 aliphatic rings. The average Bonchev–Trinajstić information content (AvgIpc) is 2.39. The standard InChI is InChI=1S/C16H22N2O/c1-4-9-18(10-5-2)11-8-16(19)14-7-6-13(3)15(17)12-14/h4-7,12H,1-2,8-11,17H2,3H3. The second-order valence-electron chi connectivity index (χ2n) is 4.58. The molecule has 0 aliphatic heterocycles. The van der Waals surface area contributed by atoms with Crippen LogP contribution in [0.25, 0.3) is 0 Å². The van der Waals surface area contributed by atoms with Gasteiger partial charge < -0.3 is 5.73 Å². The van der Waals surface area contributed by atoms with E-state index in [0.29, 0.717) is 24.2 Å². The van der Waals surface area contributed by atoms with Crippen LogP contribution in [0.15, 0.2) is 43.5 Å². The van der Waals surface area contributed by atoms with Crippen LogP contribution in [0.5, 0.6) is 0 Å². The fourth-order valence-corrected chi connectivity index (χ4v) is 1.84. The van der Waals surface area contributed by atoms with Crippen molar-refractivity contribution in [1.29, 1.82) is 0 Å². The van der Waals surface area contributed by atoms with Gasteiger partial charge in [0.25, 0.3) is 0 Å². The first kappa shape index (κ1) is 15.2. The van der Waals surface area contributed by atoms with Crippen molar-refractivity contribution in [2.45, 2.75) is 13.3 Å². The molecule has 3 nitrogen and oxygen atoms in total. The number of aryl methyl sites for hydroxylation is 1. The van der Waals surface area contributed by atoms with Gasteiger partial charge in [0.15, 0.2) is 5.78 Å². The number of nitrogen functional groups attached to an aromatic ring is 1. The zero-order valence-corrected chi connectivity index (χ0v) is 11.6. The Morgan fingerprint density at radius 1 is 1.32 bits per heavy atom. The lowest BCUT2D eigenvalue weighted by Crippen LogP contribution is -2.26. The number of anilines is 1. The van der Waals surface area contributed by atoms with Gasteiger partial charge in [-0.2, -0.15) is 0 Å². The third kappa shape index (κ3) is 4.72. The molecule has 1 aromatic rings. The Morgan fingerprint density at radius 2 is 1.95 bits per heavy atom. The Balaban J connectivity index is 2.60. The molecule has 0 saturated heterocycles. The minimum atomic E-state index is 0.116. The zero-order valence-electron chi connectivity index (χ0n) is 11.6. The van der Waals surface area contributed by atoms with E-state index in [0.717, 1.165) is 18.7 Å². The SMILES string of the molecule is C=CCN(CC=C)CCC(=O)c1ccc(C)c(N)c1. The van der Waals surface area contributed by atoms with Gasteiger partial charge in [-0.1, -0.05) is 24.3 Å². The highest BCUT2D eigenvalue weighted by atomic mass is 16.1. The van der Waals surface area contributed by atoms with Crippen molar-refractivity contribution in [1.82, 2.24) is 4.90 Å². The number of nitrogens with zero attached hydrogens (tertiary/aromatic N) is 1. The van der Waals surface area contributed by atoms with Crippen LogP contribution in [0.4, 0.5) is 5.69 Å². The largest absolute Gasteiger partial charge is 0.398 e. The molecule has 0 radical (unpaired) electrons. The highest BCUT2D eigenvalue weighted by molar-refractivity contribution is 5.97. The summed E-state index contributed by atoms with van der Waals surface area (Å²) in [6.07, 6.45) is 4.14. The molecule has 0 atom stereocenters. The van der Waals surface area contributed by atoms with E-state index < -0.39 is 0 Å². The maximum Gasteiger partial charge on any atom is 0.164 e. The highest BCUT2D eigenvalue weighted by Gasteiger charge is 2.09. The number of Topliss-reactive ketones (excluding diaryl/α,β-unsaturated/α-hetero) is 1. The number of rotatable bonds is 8. The first-order valence-corrected chi connectivity index (χ1v) is 6.42. The van der Waals surface area contributed by atoms with Gasteiger partial charge >= 0.3 is 0 Å². The summed E-state index contributed by atoms with van der Waals surface area (Å²) >= 11 is 0. The third-order valence-corrected chi connectivity index (χ3v) is 3.03. The monoisotopic (exact) mass is 258 g/mol. The summed E-state index contributed by atoms with van der Waals surface area (Å²) in [5.41, 5.74) is 8.16. The first-order valence-electron chi connectivity index (χ1n) is 6.42. The summed E-state index contributed by atoms with van der Waals surface area (Å²) in [4.78, 5) is 14.2. The number of carbonyl (C=O) groups excluding carboxylic acids is 1. The number of hydrogen-bond donors (Lipinski definition) is 1. The predicted molar refractivity (Wildman–Crippen MR) is 81.4 cm³/mol. The molecular formula is C16H22N2O. The van der Waals surface area contributed by atoms with Crippen LogP contribution in [0.3, 0.4) is 0 Å². The van der Waals surface area contributed by atoms with E-state index in [-0.39, 0.29) is 5.78 Å². The molecule has 0 spiro atoms. The molecule has 0 aliphatic carbocycles. The Kier molecular flexibility index (Phi) is 6.03. The summed E-state index contributed by atoms with van der Waals surface area (Å²) in [5.74, 6) is 0.116. The number of carbonyl (C=O) groups is 1. The Bertz CT molecular complexity index is 456. The zero-order chi connectivity index (χ0) is 14.3. The van der Waals surface area contributed by atoms with E-state index >= 15 is 0 Å². The van der Waals surface area contributed by atoms with Crippen LogP contribution < -0.4 is 5.73 Å². The normalized spacial score (nSPS) is 10.4. The topological polar surface area (TPSA) is 46.3 Å². The maximum absolute atomic E-state index is 12.1. The van der Waals surface area contributed by atoms with Gasteiger partial charge in [0.2, 0.25) is 0 Å². The maximum atomic E-state index is 12.1. The molecule has 0 heterocycles. The van der Waals surface area contributed by atoms with Gasteiger partial charge in [0.1, 0.15) is 0 Å². The van der Waals surface area contributed by atoms with E-state index in [1.54, 1.807) is 6.07 Å². The van der Waals surface area contributed by atoms with Crippen LogP contribution in [-0.4, -0.2) is 30.3 Å². The van der Waals surface area contributed by atoms with Crippen LogP contribution in [-0.2, 0) is 0 Å². The average molecular weight is 258 g/mol. The van der Waals surface area contributed by atoms with Crippen molar-refractivity contribution in [3.8, 4) is 0 Å². The second kappa shape index (κ2) is 7.54. The second-order valence-corrected chi connectivity index (χ2v) is 4.58. The molecule has 0 amide bonds. The van der Waals surface area contributed by atoms with Crippen LogP contribution in [0.1, 0.15) is 22.3 Å². The van der Waals surface area contributed by atoms with Gasteiger partial charge in [0, 0.05) is 37.3 Å². The van der Waals surface area contributed by atoms with Crippen LogP contribution in [0, 0.1) is 6.92 Å². The molecule has 0 fully saturated rings. The minimum absolute atomic E-state index is 0.116. The smallest absolute Gasteiger partial charge is 0.164 e. The molecule has 19 heavy (non-hydrogen) atoms. The lowest BCUT2D eigenvalue weighted by Gasteiger charge is -2.18. The van der Waals surface area contributed by atoms with Crippen LogP contribution >= 0.6 is 0 Å². The fraction of sp³-hybridized carbons (Fsp3) is 0.312. The lowest BCUT2D eigenvalue weighted by atomic mass is 10.0. The molecule has 0 bridgehead atoms. The quantitative estimate of drug-likeness (QED) is 0.443. The molecule has 0 aromatic heterocycles. The molecular weight excluding hydrogens is 236 g/mol. The minimum Gasteiger partial charge on any atom is -0.398 e. The molecule has 3 heteroatoms. The summed E-state index contributed by atoms with van der Waals surface area (Å²) in [7, 11) is 0. The van der Waals surface area contributed by atoms with E-state index in [4.69, 9.17) is 5.73 Å². The first-order chi connectivity index (χ1) is 9.08. The highest BCUT2D eigenvalue weighted by Crippen LogP contribution is 2.14. The third-order valence-electron chi connectivity index (χ3n) is 3.03. The Labute approximate surface area is 115 Å². The van der Waals surface area contributed by atoms with Gasteiger partial charge in [-0.15, -0.1) is 13.2 Å². The van der Waals surface area contributed by atoms with E-state index in [9.17, 15) is 4.79 Å². The number of nitrogens with two attached hydrogens (primary N) is 1. The van der Waals surface area contributed by atoms with E-state index in [1.165, 1.54) is 0 Å². The van der Waals surface area contributed by atoms with Crippen LogP contribution in [0.2, 0.25) is 0 Å². The number of hydrogen-bond acceptors (Lipinski definition) is 3. The Hall–Kier alpha value is -1.87. The predicted octanol–water partition coefficient (Wildman–Crippen LogP) is 2.82. The molecule has 0 saturated carbocycles. The summed E-state index contributed by atoms with van der Waals surface area (Å²) < 4.78 is 0.